The number of carbonyl (C=O) groups excluding carboxylic acids is 1. The van der Waals surface area contributed by atoms with E-state index in [2.05, 4.69) is 30.5 Å². The molecule has 3 rings (SSSR count). The molecule has 1 saturated heterocycles. The lowest BCUT2D eigenvalue weighted by atomic mass is 10.1. The molecule has 2 N–H and O–H groups in total. The van der Waals surface area contributed by atoms with E-state index in [9.17, 15) is 9.18 Å². The number of benzene rings is 1. The van der Waals surface area contributed by atoms with Gasteiger partial charge in [0.2, 0.25) is 11.9 Å². The van der Waals surface area contributed by atoms with E-state index < -0.39 is 0 Å². The molecule has 1 aromatic carbocycles. The number of halogens is 1. The summed E-state index contributed by atoms with van der Waals surface area (Å²) in [6, 6.07) is 6.63. The van der Waals surface area contributed by atoms with Gasteiger partial charge in [0.1, 0.15) is 5.82 Å². The number of rotatable bonds is 7. The molecule has 8 nitrogen and oxygen atoms in total. The predicted molar refractivity (Wildman–Crippen MR) is 120 cm³/mol. The van der Waals surface area contributed by atoms with Crippen molar-refractivity contribution in [2.75, 3.05) is 51.2 Å². The highest BCUT2D eigenvalue weighted by molar-refractivity contribution is 5.81. The van der Waals surface area contributed by atoms with Crippen LogP contribution < -0.4 is 15.5 Å². The van der Waals surface area contributed by atoms with Crippen LogP contribution in [-0.2, 0) is 11.2 Å². The van der Waals surface area contributed by atoms with Crippen molar-refractivity contribution in [1.29, 1.82) is 0 Å². The number of piperazine rings is 1. The lowest BCUT2D eigenvalue weighted by Crippen LogP contribution is -2.50. The standard InChI is InChI=1S/C22H30FN7O/c1-17-16-19(23)5-4-18(17)6-10-25-21(24-2)26-11-7-20(31)29-12-14-30(15-13-29)22-27-8-3-9-28-22/h3-5,8-9,16H,6-7,10-15H2,1-2H3,(H2,24,25,26). The van der Waals surface area contributed by atoms with Crippen molar-refractivity contribution in [1.82, 2.24) is 25.5 Å². The Labute approximate surface area is 182 Å². The number of nitrogens with zero attached hydrogens (tertiary/aromatic N) is 5. The number of aryl methyl sites for hydroxylation is 1. The van der Waals surface area contributed by atoms with Gasteiger partial charge in [-0.15, -0.1) is 0 Å². The summed E-state index contributed by atoms with van der Waals surface area (Å²) in [6.07, 6.45) is 4.63. The van der Waals surface area contributed by atoms with E-state index in [-0.39, 0.29) is 11.7 Å². The van der Waals surface area contributed by atoms with E-state index in [1.165, 1.54) is 6.07 Å². The van der Waals surface area contributed by atoms with Crippen LogP contribution in [0.15, 0.2) is 41.7 Å². The van der Waals surface area contributed by atoms with Gasteiger partial charge in [-0.2, -0.15) is 0 Å². The molecule has 0 radical (unpaired) electrons. The summed E-state index contributed by atoms with van der Waals surface area (Å²) >= 11 is 0. The van der Waals surface area contributed by atoms with E-state index in [1.807, 2.05) is 17.9 Å². The highest BCUT2D eigenvalue weighted by atomic mass is 19.1. The number of hydrogen-bond acceptors (Lipinski definition) is 5. The van der Waals surface area contributed by atoms with Gasteiger partial charge in [-0.25, -0.2) is 14.4 Å². The molecule has 9 heteroatoms. The zero-order chi connectivity index (χ0) is 22.1. The van der Waals surface area contributed by atoms with E-state index in [4.69, 9.17) is 0 Å². The molecule has 2 heterocycles. The smallest absolute Gasteiger partial charge is 0.225 e. The van der Waals surface area contributed by atoms with Crippen molar-refractivity contribution in [2.24, 2.45) is 4.99 Å². The maximum atomic E-state index is 13.2. The lowest BCUT2D eigenvalue weighted by Gasteiger charge is -2.34. The average molecular weight is 428 g/mol. The Hall–Kier alpha value is -3.23. The summed E-state index contributed by atoms with van der Waals surface area (Å²) in [5.41, 5.74) is 2.04. The molecular formula is C22H30FN7O. The maximum Gasteiger partial charge on any atom is 0.225 e. The van der Waals surface area contributed by atoms with Gasteiger partial charge < -0.3 is 20.4 Å². The van der Waals surface area contributed by atoms with Crippen LogP contribution in [0.5, 0.6) is 0 Å². The van der Waals surface area contributed by atoms with Crippen molar-refractivity contribution in [3.05, 3.63) is 53.6 Å². The fraction of sp³-hybridized carbons (Fsp3) is 0.455. The summed E-state index contributed by atoms with van der Waals surface area (Å²) in [4.78, 5) is 29.2. The quantitative estimate of drug-likeness (QED) is 0.513. The first-order valence-electron chi connectivity index (χ1n) is 10.6. The molecule has 1 aliphatic heterocycles. The molecule has 0 saturated carbocycles. The number of guanidine groups is 1. The molecule has 166 valence electrons. The minimum absolute atomic E-state index is 0.124. The average Bonchev–Trinajstić information content (AvgIpc) is 2.80. The predicted octanol–water partition coefficient (Wildman–Crippen LogP) is 1.37. The SMILES string of the molecule is CN=C(NCCC(=O)N1CCN(c2ncccn2)CC1)NCCc1ccc(F)cc1C. The van der Waals surface area contributed by atoms with Crippen LogP contribution in [-0.4, -0.2) is 73.1 Å². The van der Waals surface area contributed by atoms with Gasteiger partial charge in [0.25, 0.3) is 0 Å². The summed E-state index contributed by atoms with van der Waals surface area (Å²) < 4.78 is 13.2. The van der Waals surface area contributed by atoms with Crippen molar-refractivity contribution >= 4 is 17.8 Å². The van der Waals surface area contributed by atoms with E-state index in [1.54, 1.807) is 31.6 Å². The third kappa shape index (κ3) is 6.63. The van der Waals surface area contributed by atoms with Gasteiger partial charge in [0.05, 0.1) is 0 Å². The first-order chi connectivity index (χ1) is 15.1. The first-order valence-corrected chi connectivity index (χ1v) is 10.6. The van der Waals surface area contributed by atoms with Crippen LogP contribution >= 0.6 is 0 Å². The van der Waals surface area contributed by atoms with E-state index >= 15 is 0 Å². The number of amides is 1. The lowest BCUT2D eigenvalue weighted by molar-refractivity contribution is -0.131. The van der Waals surface area contributed by atoms with Gasteiger partial charge in [-0.05, 0) is 42.7 Å². The van der Waals surface area contributed by atoms with Crippen molar-refractivity contribution in [2.45, 2.75) is 19.8 Å². The van der Waals surface area contributed by atoms with Gasteiger partial charge in [-0.3, -0.25) is 9.79 Å². The Kier molecular flexibility index (Phi) is 8.14. The highest BCUT2D eigenvalue weighted by Gasteiger charge is 2.22. The number of nitrogens with one attached hydrogen (secondary N) is 2. The maximum absolute atomic E-state index is 13.2. The zero-order valence-corrected chi connectivity index (χ0v) is 18.1. The second-order valence-corrected chi connectivity index (χ2v) is 7.41. The second-order valence-electron chi connectivity index (χ2n) is 7.41. The Morgan fingerprint density at radius 3 is 2.52 bits per heavy atom. The van der Waals surface area contributed by atoms with Crippen LogP contribution in [0.4, 0.5) is 10.3 Å². The Bertz CT molecular complexity index is 883. The van der Waals surface area contributed by atoms with Gasteiger partial charge in [-0.1, -0.05) is 6.07 Å². The molecule has 0 spiro atoms. The number of carbonyl (C=O) groups is 1. The summed E-state index contributed by atoms with van der Waals surface area (Å²) in [7, 11) is 1.70. The normalized spacial score (nSPS) is 14.5. The fourth-order valence-electron chi connectivity index (χ4n) is 3.53. The van der Waals surface area contributed by atoms with Crippen LogP contribution in [0.3, 0.4) is 0 Å². The molecule has 0 unspecified atom stereocenters. The summed E-state index contributed by atoms with van der Waals surface area (Å²) in [5, 5.41) is 6.42. The first kappa shape index (κ1) is 22.5. The van der Waals surface area contributed by atoms with Crippen LogP contribution in [0.25, 0.3) is 0 Å². The van der Waals surface area contributed by atoms with Gasteiger partial charge in [0, 0.05) is 65.1 Å². The monoisotopic (exact) mass is 427 g/mol. The molecule has 1 aromatic heterocycles. The third-order valence-corrected chi connectivity index (χ3v) is 5.31. The van der Waals surface area contributed by atoms with Crippen molar-refractivity contribution in [3.63, 3.8) is 0 Å². The fourth-order valence-corrected chi connectivity index (χ4v) is 3.53. The van der Waals surface area contributed by atoms with Gasteiger partial charge >= 0.3 is 0 Å². The number of aliphatic imine (C=N–C) groups is 1. The Morgan fingerprint density at radius 1 is 1.13 bits per heavy atom. The minimum atomic E-state index is -0.217. The van der Waals surface area contributed by atoms with E-state index in [0.29, 0.717) is 44.5 Å². The second kappa shape index (κ2) is 11.2. The molecule has 2 aromatic rings. The molecule has 1 aliphatic rings. The van der Waals surface area contributed by atoms with Crippen LogP contribution in [0.2, 0.25) is 0 Å². The molecule has 0 aliphatic carbocycles. The zero-order valence-electron chi connectivity index (χ0n) is 18.1. The Balaban J connectivity index is 1.34. The molecule has 1 fully saturated rings. The largest absolute Gasteiger partial charge is 0.356 e. The van der Waals surface area contributed by atoms with Crippen molar-refractivity contribution in [3.8, 4) is 0 Å². The summed E-state index contributed by atoms with van der Waals surface area (Å²) in [6.45, 7) is 5.88. The number of aromatic nitrogens is 2. The van der Waals surface area contributed by atoms with E-state index in [0.717, 1.165) is 30.6 Å². The van der Waals surface area contributed by atoms with Crippen molar-refractivity contribution < 1.29 is 9.18 Å². The molecular weight excluding hydrogens is 397 g/mol. The molecule has 31 heavy (non-hydrogen) atoms. The van der Waals surface area contributed by atoms with Crippen LogP contribution in [0, 0.1) is 12.7 Å². The Morgan fingerprint density at radius 2 is 1.84 bits per heavy atom. The van der Waals surface area contributed by atoms with Gasteiger partial charge in [0.15, 0.2) is 5.96 Å². The highest BCUT2D eigenvalue weighted by Crippen LogP contribution is 2.11. The molecule has 0 bridgehead atoms. The topological polar surface area (TPSA) is 85.8 Å². The minimum Gasteiger partial charge on any atom is -0.356 e. The molecule has 0 atom stereocenters. The molecule has 1 amide bonds. The number of anilines is 1. The summed E-state index contributed by atoms with van der Waals surface area (Å²) in [5.74, 6) is 1.27. The number of hydrogen-bond donors (Lipinski definition) is 2. The third-order valence-electron chi connectivity index (χ3n) is 5.31. The van der Waals surface area contributed by atoms with Crippen LogP contribution in [0.1, 0.15) is 17.5 Å².